The van der Waals surface area contributed by atoms with Gasteiger partial charge < -0.3 is 25.7 Å². The fourth-order valence-corrected chi connectivity index (χ4v) is 2.49. The van der Waals surface area contributed by atoms with Crippen LogP contribution in [-0.2, 0) is 6.42 Å². The van der Waals surface area contributed by atoms with Crippen LogP contribution in [0.3, 0.4) is 0 Å². The van der Waals surface area contributed by atoms with Crippen LogP contribution >= 0.6 is 15.9 Å². The van der Waals surface area contributed by atoms with Crippen LogP contribution in [0.25, 0.3) is 0 Å². The highest BCUT2D eigenvalue weighted by Crippen LogP contribution is 2.31. The van der Waals surface area contributed by atoms with E-state index in [1.165, 1.54) is 12.1 Å². The van der Waals surface area contributed by atoms with Crippen LogP contribution in [0.2, 0.25) is 0 Å². The number of nitro groups is 1. The molecule has 0 aliphatic heterocycles. The summed E-state index contributed by atoms with van der Waals surface area (Å²) in [5.74, 6) is 0. The van der Waals surface area contributed by atoms with Gasteiger partial charge in [0.25, 0.3) is 5.69 Å². The molecule has 0 radical (unpaired) electrons. The number of nitrogens with zero attached hydrogens (tertiary/aromatic N) is 1. The van der Waals surface area contributed by atoms with Gasteiger partial charge in [0.05, 0.1) is 17.6 Å². The van der Waals surface area contributed by atoms with Gasteiger partial charge in [0.15, 0.2) is 0 Å². The zero-order valence-electron chi connectivity index (χ0n) is 11.9. The van der Waals surface area contributed by atoms with Gasteiger partial charge in [-0.2, -0.15) is 0 Å². The quantitative estimate of drug-likeness (QED) is 0.326. The summed E-state index contributed by atoms with van der Waals surface area (Å²) in [6.07, 6.45) is -3.83. The summed E-state index contributed by atoms with van der Waals surface area (Å²) in [6.45, 7) is 0.944. The average molecular weight is 379 g/mol. The van der Waals surface area contributed by atoms with E-state index in [2.05, 4.69) is 21.2 Å². The van der Waals surface area contributed by atoms with Crippen molar-refractivity contribution in [2.45, 2.75) is 31.7 Å². The monoisotopic (exact) mass is 378 g/mol. The fourth-order valence-electron chi connectivity index (χ4n) is 1.87. The van der Waals surface area contributed by atoms with Crippen LogP contribution in [-0.4, -0.2) is 56.8 Å². The van der Waals surface area contributed by atoms with E-state index < -0.39 is 29.8 Å². The predicted molar refractivity (Wildman–Crippen MR) is 83.8 cm³/mol. The topological polar surface area (TPSA) is 136 Å². The molecule has 0 spiro atoms. The van der Waals surface area contributed by atoms with Gasteiger partial charge in [-0.15, -0.1) is 0 Å². The number of benzene rings is 1. The van der Waals surface area contributed by atoms with Gasteiger partial charge in [0.1, 0.15) is 17.9 Å². The maximum atomic E-state index is 11.1. The van der Waals surface area contributed by atoms with Crippen molar-refractivity contribution >= 4 is 27.3 Å². The van der Waals surface area contributed by atoms with Crippen LogP contribution in [0.4, 0.5) is 11.4 Å². The second-order valence-electron chi connectivity index (χ2n) is 4.76. The van der Waals surface area contributed by atoms with E-state index in [1.54, 1.807) is 0 Å². The van der Waals surface area contributed by atoms with Gasteiger partial charge in [-0.1, -0.05) is 22.9 Å². The Labute approximate surface area is 135 Å². The first-order valence-corrected chi connectivity index (χ1v) is 7.46. The Morgan fingerprint density at radius 3 is 2.45 bits per heavy atom. The van der Waals surface area contributed by atoms with Crippen LogP contribution in [0.1, 0.15) is 12.5 Å². The fraction of sp³-hybridized carbons (Fsp3) is 0.538. The normalized spacial score (nSPS) is 15.2. The van der Waals surface area contributed by atoms with Crippen LogP contribution in [0.5, 0.6) is 0 Å². The Morgan fingerprint density at radius 2 is 1.95 bits per heavy atom. The van der Waals surface area contributed by atoms with Gasteiger partial charge >= 0.3 is 0 Å². The van der Waals surface area contributed by atoms with Gasteiger partial charge in [-0.25, -0.2) is 0 Å². The Hall–Kier alpha value is -1.26. The molecule has 0 unspecified atom stereocenters. The van der Waals surface area contributed by atoms with Gasteiger partial charge in [0, 0.05) is 17.1 Å². The summed E-state index contributed by atoms with van der Waals surface area (Å²) < 4.78 is 0.688. The number of aryl methyl sites for hydroxylation is 1. The zero-order valence-corrected chi connectivity index (χ0v) is 13.5. The number of hydrogen-bond donors (Lipinski definition) is 5. The van der Waals surface area contributed by atoms with Crippen molar-refractivity contribution in [2.75, 3.05) is 18.5 Å². The van der Waals surface area contributed by atoms with Gasteiger partial charge in [-0.3, -0.25) is 10.1 Å². The number of rotatable bonds is 8. The van der Waals surface area contributed by atoms with Crippen molar-refractivity contribution in [3.05, 3.63) is 32.3 Å². The van der Waals surface area contributed by atoms with E-state index >= 15 is 0 Å². The summed E-state index contributed by atoms with van der Waals surface area (Å²) in [5, 5.41) is 51.0. The molecule has 0 saturated carbocycles. The standard InChI is InChI=1S/C13H19BrN2O6/c1-2-7-3-10(16(21)22)9(4-8(7)14)15-5-11(18)13(20)12(19)6-17/h3-4,11-13,15,17-20H,2,5-6H2,1H3/t11-,12+,13+/m0/s1. The lowest BCUT2D eigenvalue weighted by Crippen LogP contribution is -2.42. The first-order valence-electron chi connectivity index (χ1n) is 6.67. The molecule has 3 atom stereocenters. The highest BCUT2D eigenvalue weighted by molar-refractivity contribution is 9.10. The molecular formula is C13H19BrN2O6. The van der Waals surface area contributed by atoms with Crippen molar-refractivity contribution in [1.29, 1.82) is 0 Å². The van der Waals surface area contributed by atoms with Crippen molar-refractivity contribution in [3.8, 4) is 0 Å². The van der Waals surface area contributed by atoms with Crippen molar-refractivity contribution in [2.24, 2.45) is 0 Å². The highest BCUT2D eigenvalue weighted by atomic mass is 79.9. The average Bonchev–Trinajstić information content (AvgIpc) is 2.50. The van der Waals surface area contributed by atoms with Crippen LogP contribution in [0, 0.1) is 10.1 Å². The third-order valence-corrected chi connectivity index (χ3v) is 3.96. The number of aliphatic hydroxyl groups excluding tert-OH is 4. The summed E-state index contributed by atoms with van der Waals surface area (Å²) in [5.41, 5.74) is 0.803. The SMILES string of the molecule is CCc1cc([N+](=O)[O-])c(NC[C@H](O)[C@@H](O)[C@H](O)CO)cc1Br. The van der Waals surface area contributed by atoms with Gasteiger partial charge in [-0.05, 0) is 18.1 Å². The van der Waals surface area contributed by atoms with Crippen molar-refractivity contribution in [3.63, 3.8) is 0 Å². The minimum absolute atomic E-state index is 0.149. The summed E-state index contributed by atoms with van der Waals surface area (Å²) in [7, 11) is 0. The molecule has 0 bridgehead atoms. The molecule has 1 rings (SSSR count). The van der Waals surface area contributed by atoms with E-state index in [-0.39, 0.29) is 17.9 Å². The molecular weight excluding hydrogens is 360 g/mol. The number of halogens is 1. The Bertz CT molecular complexity index is 527. The Morgan fingerprint density at radius 1 is 1.32 bits per heavy atom. The Balaban J connectivity index is 2.89. The molecule has 0 aliphatic carbocycles. The first kappa shape index (κ1) is 18.8. The zero-order chi connectivity index (χ0) is 16.9. The molecule has 5 N–H and O–H groups in total. The lowest BCUT2D eigenvalue weighted by Gasteiger charge is -2.22. The Kier molecular flexibility index (Phi) is 7.17. The second kappa shape index (κ2) is 8.39. The second-order valence-corrected chi connectivity index (χ2v) is 5.61. The van der Waals surface area contributed by atoms with Crippen molar-refractivity contribution < 1.29 is 25.3 Å². The molecule has 22 heavy (non-hydrogen) atoms. The molecule has 1 aromatic rings. The number of anilines is 1. The lowest BCUT2D eigenvalue weighted by molar-refractivity contribution is -0.384. The van der Waals surface area contributed by atoms with Gasteiger partial charge in [0.2, 0.25) is 0 Å². The van der Waals surface area contributed by atoms with Crippen LogP contribution in [0.15, 0.2) is 16.6 Å². The molecule has 8 nitrogen and oxygen atoms in total. The molecule has 0 aliphatic rings. The maximum Gasteiger partial charge on any atom is 0.292 e. The smallest absolute Gasteiger partial charge is 0.292 e. The van der Waals surface area contributed by atoms with Crippen molar-refractivity contribution in [1.82, 2.24) is 0 Å². The highest BCUT2D eigenvalue weighted by Gasteiger charge is 2.25. The largest absolute Gasteiger partial charge is 0.394 e. The molecule has 0 aromatic heterocycles. The molecule has 9 heteroatoms. The molecule has 0 saturated heterocycles. The number of hydrogen-bond acceptors (Lipinski definition) is 7. The predicted octanol–water partition coefficient (Wildman–Crippen LogP) is 0.407. The van der Waals surface area contributed by atoms with Crippen LogP contribution < -0.4 is 5.32 Å². The first-order chi connectivity index (χ1) is 10.3. The molecule has 0 amide bonds. The van der Waals surface area contributed by atoms with E-state index in [4.69, 9.17) is 5.11 Å². The lowest BCUT2D eigenvalue weighted by atomic mass is 10.1. The minimum Gasteiger partial charge on any atom is -0.394 e. The number of nitrogens with one attached hydrogen (secondary N) is 1. The number of aliphatic hydroxyl groups is 4. The third-order valence-electron chi connectivity index (χ3n) is 3.22. The molecule has 0 fully saturated rings. The number of nitro benzene ring substituents is 1. The van der Waals surface area contributed by atoms with E-state index in [1.807, 2.05) is 6.92 Å². The van der Waals surface area contributed by atoms with E-state index in [0.29, 0.717) is 10.9 Å². The minimum atomic E-state index is -1.56. The summed E-state index contributed by atoms with van der Waals surface area (Å²) in [4.78, 5) is 10.6. The molecule has 0 heterocycles. The molecule has 1 aromatic carbocycles. The van der Waals surface area contributed by atoms with E-state index in [0.717, 1.165) is 5.56 Å². The third kappa shape index (κ3) is 4.62. The summed E-state index contributed by atoms with van der Waals surface area (Å²) in [6, 6.07) is 2.95. The maximum absolute atomic E-state index is 11.1. The summed E-state index contributed by atoms with van der Waals surface area (Å²) >= 11 is 3.31. The van der Waals surface area contributed by atoms with E-state index in [9.17, 15) is 25.4 Å². The molecule has 124 valence electrons.